The van der Waals surface area contributed by atoms with Gasteiger partial charge < -0.3 is 10.6 Å². The number of hydrogen-bond acceptors (Lipinski definition) is 3. The molecule has 6 heteroatoms. The molecule has 3 rings (SSSR count). The van der Waals surface area contributed by atoms with Gasteiger partial charge in [-0.15, -0.1) is 0 Å². The van der Waals surface area contributed by atoms with E-state index in [1.807, 2.05) is 6.07 Å². The normalized spacial score (nSPS) is 10.2. The minimum atomic E-state index is -0.481. The van der Waals surface area contributed by atoms with Gasteiger partial charge in [0.25, 0.3) is 5.91 Å². The maximum absolute atomic E-state index is 12.7. The molecule has 3 aromatic rings. The van der Waals surface area contributed by atoms with Crippen LogP contribution in [0.4, 0.5) is 5.69 Å². The van der Waals surface area contributed by atoms with Gasteiger partial charge >= 0.3 is 0 Å². The molecule has 3 aromatic carbocycles. The number of hydrogen-bond donors (Lipinski definition) is 2. The van der Waals surface area contributed by atoms with Crippen molar-refractivity contribution in [1.29, 1.82) is 0 Å². The zero-order valence-corrected chi connectivity index (χ0v) is 16.4. The number of nitrogens with one attached hydrogen (secondary N) is 2. The van der Waals surface area contributed by atoms with E-state index in [1.165, 1.54) is 0 Å². The van der Waals surface area contributed by atoms with E-state index in [1.54, 1.807) is 72.8 Å². The van der Waals surface area contributed by atoms with Crippen molar-refractivity contribution >= 4 is 39.2 Å². The highest BCUT2D eigenvalue weighted by Crippen LogP contribution is 2.15. The number of anilines is 1. The predicted octanol–water partition coefficient (Wildman–Crippen LogP) is 4.05. The van der Waals surface area contributed by atoms with Crippen molar-refractivity contribution in [1.82, 2.24) is 5.32 Å². The Hall–Kier alpha value is -3.25. The molecule has 28 heavy (non-hydrogen) atoms. The molecule has 0 heterocycles. The van der Waals surface area contributed by atoms with Gasteiger partial charge in [0.05, 0.1) is 12.1 Å². The summed E-state index contributed by atoms with van der Waals surface area (Å²) in [6.45, 7) is -0.206. The van der Waals surface area contributed by atoms with Gasteiger partial charge in [-0.2, -0.15) is 0 Å². The van der Waals surface area contributed by atoms with Crippen LogP contribution in [0.25, 0.3) is 0 Å². The Bertz CT molecular complexity index is 1000. The molecular weight excluding hydrogens is 420 g/mol. The van der Waals surface area contributed by atoms with Gasteiger partial charge in [0.1, 0.15) is 0 Å². The van der Waals surface area contributed by atoms with Crippen molar-refractivity contribution in [3.63, 3.8) is 0 Å². The predicted molar refractivity (Wildman–Crippen MR) is 111 cm³/mol. The summed E-state index contributed by atoms with van der Waals surface area (Å²) in [5, 5.41) is 5.26. The van der Waals surface area contributed by atoms with E-state index >= 15 is 0 Å². The lowest BCUT2D eigenvalue weighted by atomic mass is 9.98. The van der Waals surface area contributed by atoms with Gasteiger partial charge in [0, 0.05) is 21.3 Å². The number of carbonyl (C=O) groups is 3. The molecule has 0 bridgehead atoms. The molecule has 0 unspecified atom stereocenters. The molecule has 0 aliphatic heterocycles. The van der Waals surface area contributed by atoms with Crippen LogP contribution in [0.1, 0.15) is 26.3 Å². The average molecular weight is 437 g/mol. The lowest BCUT2D eigenvalue weighted by Gasteiger charge is -2.10. The Morgan fingerprint density at radius 2 is 1.36 bits per heavy atom. The molecular formula is C22H17BrN2O3. The van der Waals surface area contributed by atoms with Crippen LogP contribution in [0.3, 0.4) is 0 Å². The highest BCUT2D eigenvalue weighted by atomic mass is 79.9. The zero-order chi connectivity index (χ0) is 19.9. The van der Waals surface area contributed by atoms with Gasteiger partial charge in [-0.1, -0.05) is 64.5 Å². The van der Waals surface area contributed by atoms with E-state index in [4.69, 9.17) is 0 Å². The van der Waals surface area contributed by atoms with Crippen LogP contribution in [0.15, 0.2) is 83.3 Å². The van der Waals surface area contributed by atoms with Crippen LogP contribution in [0.2, 0.25) is 0 Å². The SMILES string of the molecule is O=C(CNC(=O)c1ccccc1C(=O)c1ccccc1)Nc1ccc(Br)cc1. The van der Waals surface area contributed by atoms with Crippen molar-refractivity contribution < 1.29 is 14.4 Å². The van der Waals surface area contributed by atoms with Gasteiger partial charge in [-0.25, -0.2) is 0 Å². The van der Waals surface area contributed by atoms with Crippen LogP contribution in [0.5, 0.6) is 0 Å². The Balaban J connectivity index is 1.67. The minimum Gasteiger partial charge on any atom is -0.343 e. The van der Waals surface area contributed by atoms with E-state index in [-0.39, 0.29) is 23.8 Å². The highest BCUT2D eigenvalue weighted by Gasteiger charge is 2.18. The largest absolute Gasteiger partial charge is 0.343 e. The van der Waals surface area contributed by atoms with Gasteiger partial charge in [0.2, 0.25) is 5.91 Å². The van der Waals surface area contributed by atoms with E-state index in [0.29, 0.717) is 16.8 Å². The maximum Gasteiger partial charge on any atom is 0.252 e. The fraction of sp³-hybridized carbons (Fsp3) is 0.0455. The summed E-state index contributed by atoms with van der Waals surface area (Å²) in [7, 11) is 0. The lowest BCUT2D eigenvalue weighted by molar-refractivity contribution is -0.115. The molecule has 0 aliphatic carbocycles. The third-order valence-corrected chi connectivity index (χ3v) is 4.52. The zero-order valence-electron chi connectivity index (χ0n) is 14.8. The van der Waals surface area contributed by atoms with Crippen molar-refractivity contribution in [3.8, 4) is 0 Å². The molecule has 0 aliphatic rings. The molecule has 2 amide bonds. The number of ketones is 1. The second-order valence-corrected chi connectivity index (χ2v) is 6.89. The molecule has 0 saturated carbocycles. The molecule has 0 fully saturated rings. The number of carbonyl (C=O) groups excluding carboxylic acids is 3. The van der Waals surface area contributed by atoms with Gasteiger partial charge in [0.15, 0.2) is 5.78 Å². The topological polar surface area (TPSA) is 75.3 Å². The summed E-state index contributed by atoms with van der Waals surface area (Å²) < 4.78 is 0.901. The van der Waals surface area contributed by atoms with Crippen LogP contribution in [-0.4, -0.2) is 24.1 Å². The molecule has 0 aromatic heterocycles. The molecule has 0 radical (unpaired) electrons. The first-order valence-corrected chi connectivity index (χ1v) is 9.36. The van der Waals surface area contributed by atoms with Crippen LogP contribution in [-0.2, 0) is 4.79 Å². The Morgan fingerprint density at radius 3 is 2.04 bits per heavy atom. The summed E-state index contributed by atoms with van der Waals surface area (Å²) in [6.07, 6.45) is 0. The van der Waals surface area contributed by atoms with Crippen molar-refractivity contribution in [3.05, 3.63) is 100 Å². The number of benzene rings is 3. The van der Waals surface area contributed by atoms with E-state index < -0.39 is 5.91 Å². The van der Waals surface area contributed by atoms with Gasteiger partial charge in [-0.3, -0.25) is 14.4 Å². The van der Waals surface area contributed by atoms with Crippen molar-refractivity contribution in [2.24, 2.45) is 0 Å². The third-order valence-electron chi connectivity index (χ3n) is 3.99. The Kier molecular flexibility index (Phi) is 6.34. The molecule has 2 N–H and O–H groups in total. The van der Waals surface area contributed by atoms with E-state index in [2.05, 4.69) is 26.6 Å². The average Bonchev–Trinajstić information content (AvgIpc) is 2.74. The summed E-state index contributed by atoms with van der Waals surface area (Å²) in [5.41, 5.74) is 1.64. The van der Waals surface area contributed by atoms with Crippen molar-refractivity contribution in [2.45, 2.75) is 0 Å². The molecule has 0 spiro atoms. The second-order valence-electron chi connectivity index (χ2n) is 5.98. The van der Waals surface area contributed by atoms with Crippen LogP contribution in [0, 0.1) is 0 Å². The fourth-order valence-electron chi connectivity index (χ4n) is 2.62. The lowest BCUT2D eigenvalue weighted by Crippen LogP contribution is -2.33. The fourth-order valence-corrected chi connectivity index (χ4v) is 2.88. The molecule has 0 saturated heterocycles. The Labute approximate surface area is 170 Å². The molecule has 5 nitrogen and oxygen atoms in total. The molecule has 140 valence electrons. The van der Waals surface area contributed by atoms with Crippen molar-refractivity contribution in [2.75, 3.05) is 11.9 Å². The van der Waals surface area contributed by atoms with Crippen LogP contribution < -0.4 is 10.6 Å². The number of amides is 2. The van der Waals surface area contributed by atoms with Gasteiger partial charge in [-0.05, 0) is 30.3 Å². The molecule has 0 atom stereocenters. The standard InChI is InChI=1S/C22H17BrN2O3/c23-16-10-12-17(13-11-16)25-20(26)14-24-22(28)19-9-5-4-8-18(19)21(27)15-6-2-1-3-7-15/h1-13H,14H2,(H,24,28)(H,25,26). The maximum atomic E-state index is 12.7. The first kappa shape index (κ1) is 19.5. The van der Waals surface area contributed by atoms with Crippen LogP contribution >= 0.6 is 15.9 Å². The number of halogens is 1. The Morgan fingerprint density at radius 1 is 0.750 bits per heavy atom. The summed E-state index contributed by atoms with van der Waals surface area (Å²) in [5.74, 6) is -1.08. The third kappa shape index (κ3) is 4.92. The monoisotopic (exact) mass is 436 g/mol. The highest BCUT2D eigenvalue weighted by molar-refractivity contribution is 9.10. The smallest absolute Gasteiger partial charge is 0.252 e. The summed E-state index contributed by atoms with van der Waals surface area (Å²) >= 11 is 3.33. The summed E-state index contributed by atoms with van der Waals surface area (Å²) in [4.78, 5) is 37.3. The first-order chi connectivity index (χ1) is 13.5. The van der Waals surface area contributed by atoms with E-state index in [0.717, 1.165) is 4.47 Å². The minimum absolute atomic E-state index is 0.206. The van der Waals surface area contributed by atoms with E-state index in [9.17, 15) is 14.4 Å². The summed E-state index contributed by atoms with van der Waals surface area (Å²) in [6, 6.07) is 22.4. The quantitative estimate of drug-likeness (QED) is 0.572. The second kappa shape index (κ2) is 9.10. The first-order valence-electron chi connectivity index (χ1n) is 8.57. The number of rotatable bonds is 6.